The van der Waals surface area contributed by atoms with E-state index in [2.05, 4.69) is 10.6 Å². The van der Waals surface area contributed by atoms with Crippen molar-refractivity contribution >= 4 is 23.4 Å². The number of ether oxygens (including phenoxy) is 2. The Balaban J connectivity index is 1.34. The zero-order valence-corrected chi connectivity index (χ0v) is 17.6. The molecule has 0 bridgehead atoms. The highest BCUT2D eigenvalue weighted by Gasteiger charge is 2.21. The van der Waals surface area contributed by atoms with Gasteiger partial charge in [0.15, 0.2) is 0 Å². The van der Waals surface area contributed by atoms with Crippen molar-refractivity contribution < 1.29 is 23.9 Å². The number of carbonyl (C=O) groups excluding carboxylic acids is 3. The molecule has 3 rings (SSSR count). The maximum atomic E-state index is 12.2. The molecule has 0 aliphatic carbocycles. The number of rotatable bonds is 10. The molecule has 1 aliphatic rings. The fourth-order valence-electron chi connectivity index (χ4n) is 3.20. The van der Waals surface area contributed by atoms with E-state index in [1.54, 1.807) is 41.3 Å². The van der Waals surface area contributed by atoms with Crippen LogP contribution >= 0.6 is 0 Å². The first-order valence-electron chi connectivity index (χ1n) is 10.4. The molecule has 1 heterocycles. The number of anilines is 1. The Morgan fingerprint density at radius 3 is 2.26 bits per heavy atom. The fourth-order valence-corrected chi connectivity index (χ4v) is 3.20. The standard InChI is InChI=1S/C23H27N3O5/c1-2-30-19-9-11-20(12-10-19)31-15-13-24-21(27)16-25-23(29)17-5-7-18(8-6-17)26-14-3-4-22(26)28/h5-12H,2-4,13-16H2,1H3,(H,24,27)(H,25,29). The lowest BCUT2D eigenvalue weighted by atomic mass is 10.2. The molecule has 0 aromatic heterocycles. The summed E-state index contributed by atoms with van der Waals surface area (Å²) in [6.07, 6.45) is 1.41. The molecular formula is C23H27N3O5. The van der Waals surface area contributed by atoms with Crippen molar-refractivity contribution in [3.8, 4) is 11.5 Å². The summed E-state index contributed by atoms with van der Waals surface area (Å²) in [5.41, 5.74) is 1.21. The second-order valence-electron chi connectivity index (χ2n) is 6.98. The number of hydrogen-bond donors (Lipinski definition) is 2. The van der Waals surface area contributed by atoms with Gasteiger partial charge in [0, 0.05) is 24.2 Å². The average Bonchev–Trinajstić information content (AvgIpc) is 3.22. The molecule has 3 amide bonds. The molecule has 0 unspecified atom stereocenters. The molecule has 164 valence electrons. The van der Waals surface area contributed by atoms with Crippen LogP contribution < -0.4 is 25.0 Å². The molecule has 2 aromatic carbocycles. The predicted molar refractivity (Wildman–Crippen MR) is 116 cm³/mol. The van der Waals surface area contributed by atoms with E-state index in [4.69, 9.17) is 9.47 Å². The van der Waals surface area contributed by atoms with Crippen molar-refractivity contribution in [2.75, 3.05) is 37.7 Å². The van der Waals surface area contributed by atoms with Crippen LogP contribution in [0.1, 0.15) is 30.1 Å². The largest absolute Gasteiger partial charge is 0.494 e. The van der Waals surface area contributed by atoms with E-state index in [0.717, 1.165) is 17.9 Å². The van der Waals surface area contributed by atoms with Crippen molar-refractivity contribution in [1.82, 2.24) is 10.6 Å². The van der Waals surface area contributed by atoms with E-state index in [-0.39, 0.29) is 24.3 Å². The molecule has 0 radical (unpaired) electrons. The third kappa shape index (κ3) is 6.47. The Morgan fingerprint density at radius 1 is 0.968 bits per heavy atom. The van der Waals surface area contributed by atoms with Gasteiger partial charge in [-0.15, -0.1) is 0 Å². The van der Waals surface area contributed by atoms with Crippen LogP contribution in [0.5, 0.6) is 11.5 Å². The Labute approximate surface area is 181 Å². The molecule has 8 heteroatoms. The lowest BCUT2D eigenvalue weighted by molar-refractivity contribution is -0.120. The van der Waals surface area contributed by atoms with Crippen molar-refractivity contribution in [1.29, 1.82) is 0 Å². The zero-order valence-electron chi connectivity index (χ0n) is 17.6. The highest BCUT2D eigenvalue weighted by atomic mass is 16.5. The summed E-state index contributed by atoms with van der Waals surface area (Å²) >= 11 is 0. The predicted octanol–water partition coefficient (Wildman–Crippen LogP) is 2.14. The van der Waals surface area contributed by atoms with Crippen molar-refractivity contribution in [2.24, 2.45) is 0 Å². The molecule has 1 aliphatic heterocycles. The molecule has 0 spiro atoms. The van der Waals surface area contributed by atoms with Gasteiger partial charge in [-0.1, -0.05) is 0 Å². The summed E-state index contributed by atoms with van der Waals surface area (Å²) in [6.45, 7) is 3.73. The smallest absolute Gasteiger partial charge is 0.251 e. The number of nitrogens with zero attached hydrogens (tertiary/aromatic N) is 1. The number of amides is 3. The molecule has 0 saturated carbocycles. The van der Waals surface area contributed by atoms with E-state index < -0.39 is 0 Å². The first-order valence-corrected chi connectivity index (χ1v) is 10.4. The fraction of sp³-hybridized carbons (Fsp3) is 0.348. The van der Waals surface area contributed by atoms with Crippen molar-refractivity contribution in [2.45, 2.75) is 19.8 Å². The Bertz CT molecular complexity index is 896. The van der Waals surface area contributed by atoms with E-state index in [9.17, 15) is 14.4 Å². The van der Waals surface area contributed by atoms with Crippen LogP contribution in [0.2, 0.25) is 0 Å². The minimum absolute atomic E-state index is 0.0976. The van der Waals surface area contributed by atoms with Gasteiger partial charge in [0.1, 0.15) is 18.1 Å². The summed E-state index contributed by atoms with van der Waals surface area (Å²) in [5, 5.41) is 5.28. The number of benzene rings is 2. The van der Waals surface area contributed by atoms with E-state index >= 15 is 0 Å². The molecule has 2 N–H and O–H groups in total. The first kappa shape index (κ1) is 22.1. The zero-order chi connectivity index (χ0) is 22.1. The molecule has 0 atom stereocenters. The van der Waals surface area contributed by atoms with E-state index in [1.165, 1.54) is 0 Å². The van der Waals surface area contributed by atoms with Crippen LogP contribution in [0.15, 0.2) is 48.5 Å². The summed E-state index contributed by atoms with van der Waals surface area (Å²) in [7, 11) is 0. The topological polar surface area (TPSA) is 97.0 Å². The molecule has 1 saturated heterocycles. The van der Waals surface area contributed by atoms with Crippen molar-refractivity contribution in [3.05, 3.63) is 54.1 Å². The molecular weight excluding hydrogens is 398 g/mol. The summed E-state index contributed by atoms with van der Waals surface area (Å²) in [4.78, 5) is 37.7. The Morgan fingerprint density at radius 2 is 1.65 bits per heavy atom. The van der Waals surface area contributed by atoms with Gasteiger partial charge in [-0.2, -0.15) is 0 Å². The SMILES string of the molecule is CCOc1ccc(OCCNC(=O)CNC(=O)c2ccc(N3CCCC3=O)cc2)cc1. The van der Waals surface area contributed by atoms with Crippen LogP contribution in [0.3, 0.4) is 0 Å². The van der Waals surface area contributed by atoms with E-state index in [0.29, 0.717) is 44.0 Å². The Kier molecular flexibility index (Phi) is 7.86. The minimum atomic E-state index is -0.347. The van der Waals surface area contributed by atoms with Gasteiger partial charge in [0.2, 0.25) is 11.8 Å². The van der Waals surface area contributed by atoms with Crippen LogP contribution in [0, 0.1) is 0 Å². The van der Waals surface area contributed by atoms with Gasteiger partial charge in [-0.3, -0.25) is 14.4 Å². The van der Waals surface area contributed by atoms with Gasteiger partial charge in [0.25, 0.3) is 5.91 Å². The maximum Gasteiger partial charge on any atom is 0.251 e. The Hall–Kier alpha value is -3.55. The summed E-state index contributed by atoms with van der Waals surface area (Å²) < 4.78 is 10.9. The lowest BCUT2D eigenvalue weighted by Gasteiger charge is -2.15. The average molecular weight is 425 g/mol. The summed E-state index contributed by atoms with van der Waals surface area (Å²) in [5.74, 6) is 0.909. The molecule has 31 heavy (non-hydrogen) atoms. The van der Waals surface area contributed by atoms with Gasteiger partial charge in [0.05, 0.1) is 19.7 Å². The van der Waals surface area contributed by atoms with Crippen LogP contribution in [-0.2, 0) is 9.59 Å². The highest BCUT2D eigenvalue weighted by Crippen LogP contribution is 2.21. The number of nitrogens with one attached hydrogen (secondary N) is 2. The first-order chi connectivity index (χ1) is 15.1. The number of carbonyl (C=O) groups is 3. The number of hydrogen-bond acceptors (Lipinski definition) is 5. The van der Waals surface area contributed by atoms with Gasteiger partial charge >= 0.3 is 0 Å². The highest BCUT2D eigenvalue weighted by molar-refractivity contribution is 5.98. The van der Waals surface area contributed by atoms with E-state index in [1.807, 2.05) is 19.1 Å². The second kappa shape index (κ2) is 11.0. The van der Waals surface area contributed by atoms with Crippen LogP contribution in [0.25, 0.3) is 0 Å². The van der Waals surface area contributed by atoms with Gasteiger partial charge in [-0.05, 0) is 61.9 Å². The quantitative estimate of drug-likeness (QED) is 0.569. The van der Waals surface area contributed by atoms with Gasteiger partial charge < -0.3 is 25.0 Å². The molecule has 8 nitrogen and oxygen atoms in total. The van der Waals surface area contributed by atoms with Gasteiger partial charge in [-0.25, -0.2) is 0 Å². The van der Waals surface area contributed by atoms with Crippen LogP contribution in [-0.4, -0.2) is 50.6 Å². The maximum absolute atomic E-state index is 12.2. The molecule has 2 aromatic rings. The lowest BCUT2D eigenvalue weighted by Crippen LogP contribution is -2.38. The third-order valence-electron chi connectivity index (χ3n) is 4.75. The molecule has 1 fully saturated rings. The van der Waals surface area contributed by atoms with Crippen molar-refractivity contribution in [3.63, 3.8) is 0 Å². The second-order valence-corrected chi connectivity index (χ2v) is 6.98. The minimum Gasteiger partial charge on any atom is -0.494 e. The summed E-state index contributed by atoms with van der Waals surface area (Å²) in [6, 6.07) is 14.0. The third-order valence-corrected chi connectivity index (χ3v) is 4.75. The normalized spacial score (nSPS) is 13.1. The van der Waals surface area contributed by atoms with Crippen LogP contribution in [0.4, 0.5) is 5.69 Å². The monoisotopic (exact) mass is 425 g/mol.